The molecule has 1 aliphatic heterocycles. The van der Waals surface area contributed by atoms with Crippen molar-refractivity contribution in [1.82, 2.24) is 4.90 Å². The minimum atomic E-state index is 0.0751. The monoisotopic (exact) mass is 310 g/mol. The second-order valence-electron chi connectivity index (χ2n) is 5.52. The lowest BCUT2D eigenvalue weighted by Crippen LogP contribution is -2.40. The maximum absolute atomic E-state index is 8.75. The van der Waals surface area contributed by atoms with E-state index in [1.165, 1.54) is 0 Å². The van der Waals surface area contributed by atoms with Crippen LogP contribution in [-0.4, -0.2) is 48.7 Å². The van der Waals surface area contributed by atoms with Gasteiger partial charge in [-0.15, -0.1) is 0 Å². The van der Waals surface area contributed by atoms with Gasteiger partial charge in [-0.25, -0.2) is 0 Å². The topological polar surface area (TPSA) is 65.1 Å². The van der Waals surface area contributed by atoms with Crippen LogP contribution in [0.3, 0.4) is 0 Å². The fourth-order valence-corrected chi connectivity index (χ4v) is 3.16. The number of hydrogen-bond acceptors (Lipinski definition) is 4. The molecule has 1 heterocycles. The van der Waals surface area contributed by atoms with Crippen LogP contribution in [0, 0.1) is 0 Å². The number of nitrogens with two attached hydrogens (primary N) is 1. The summed E-state index contributed by atoms with van der Waals surface area (Å²) in [7, 11) is 2.16. The highest BCUT2D eigenvalue weighted by Crippen LogP contribution is 2.30. The molecule has 0 saturated carbocycles. The first kappa shape index (κ1) is 15.9. The van der Waals surface area contributed by atoms with E-state index in [0.717, 1.165) is 38.2 Å². The van der Waals surface area contributed by atoms with Crippen LogP contribution in [0.4, 0.5) is 5.69 Å². The molecular weight excluding hydrogens is 288 g/mol. The van der Waals surface area contributed by atoms with Crippen LogP contribution in [0.1, 0.15) is 25.3 Å². The first-order valence-electron chi connectivity index (χ1n) is 7.29. The number of nitrogens with zero attached hydrogens (tertiary/aromatic N) is 3. The average Bonchev–Trinajstić information content (AvgIpc) is 2.67. The van der Waals surface area contributed by atoms with Crippen molar-refractivity contribution in [2.45, 2.75) is 25.8 Å². The lowest BCUT2D eigenvalue weighted by molar-refractivity contribution is 0.318. The highest BCUT2D eigenvalue weighted by molar-refractivity contribution is 6.33. The summed E-state index contributed by atoms with van der Waals surface area (Å²) < 4.78 is 0. The Balaban J connectivity index is 2.31. The van der Waals surface area contributed by atoms with Crippen molar-refractivity contribution in [2.24, 2.45) is 10.9 Å². The van der Waals surface area contributed by atoms with E-state index >= 15 is 0 Å². The van der Waals surface area contributed by atoms with E-state index in [-0.39, 0.29) is 5.84 Å². The Bertz CT molecular complexity index is 520. The van der Waals surface area contributed by atoms with Crippen LogP contribution in [0.25, 0.3) is 0 Å². The Hall–Kier alpha value is -1.46. The summed E-state index contributed by atoms with van der Waals surface area (Å²) in [5, 5.41) is 12.4. The number of oxime groups is 1. The zero-order valence-corrected chi connectivity index (χ0v) is 13.3. The van der Waals surface area contributed by atoms with Crippen LogP contribution in [-0.2, 0) is 0 Å². The van der Waals surface area contributed by atoms with E-state index in [2.05, 4.69) is 28.9 Å². The van der Waals surface area contributed by atoms with Crippen molar-refractivity contribution in [3.63, 3.8) is 0 Å². The molecular formula is C15H23ClN4O. The maximum Gasteiger partial charge on any atom is 0.170 e. The molecule has 0 spiro atoms. The van der Waals surface area contributed by atoms with Crippen LogP contribution in [0.5, 0.6) is 0 Å². The molecule has 0 amide bonds. The van der Waals surface area contributed by atoms with E-state index < -0.39 is 0 Å². The van der Waals surface area contributed by atoms with Crippen LogP contribution in [0.15, 0.2) is 23.4 Å². The summed E-state index contributed by atoms with van der Waals surface area (Å²) in [6, 6.07) is 6.01. The molecule has 1 fully saturated rings. The second-order valence-corrected chi connectivity index (χ2v) is 5.93. The molecule has 21 heavy (non-hydrogen) atoms. The minimum absolute atomic E-state index is 0.0751. The number of rotatable bonds is 3. The number of benzene rings is 1. The zero-order chi connectivity index (χ0) is 15.4. The minimum Gasteiger partial charge on any atom is -0.409 e. The molecule has 1 atom stereocenters. The molecule has 1 saturated heterocycles. The van der Waals surface area contributed by atoms with Crippen molar-refractivity contribution in [2.75, 3.05) is 31.6 Å². The Morgan fingerprint density at radius 3 is 2.86 bits per heavy atom. The second kappa shape index (κ2) is 7.00. The lowest BCUT2D eigenvalue weighted by Gasteiger charge is -2.33. The van der Waals surface area contributed by atoms with E-state index in [1.54, 1.807) is 6.07 Å². The van der Waals surface area contributed by atoms with Crippen molar-refractivity contribution >= 4 is 23.1 Å². The molecule has 1 aliphatic rings. The van der Waals surface area contributed by atoms with Gasteiger partial charge in [0.15, 0.2) is 5.84 Å². The van der Waals surface area contributed by atoms with E-state index in [9.17, 15) is 0 Å². The van der Waals surface area contributed by atoms with E-state index in [4.69, 9.17) is 22.5 Å². The molecule has 0 bridgehead atoms. The summed E-state index contributed by atoms with van der Waals surface area (Å²) in [6.07, 6.45) is 2.19. The van der Waals surface area contributed by atoms with Crippen molar-refractivity contribution in [3.8, 4) is 0 Å². The molecule has 0 aromatic heterocycles. The molecule has 2 rings (SSSR count). The predicted molar refractivity (Wildman–Crippen MR) is 87.5 cm³/mol. The highest BCUT2D eigenvalue weighted by Gasteiger charge is 2.23. The third kappa shape index (κ3) is 3.60. The maximum atomic E-state index is 8.75. The van der Waals surface area contributed by atoms with Gasteiger partial charge in [0.1, 0.15) is 0 Å². The molecule has 5 nitrogen and oxygen atoms in total. The SMILES string of the molecule is CCC1CN(C)CCCN1c1ccc(/C(N)=N/O)cc1Cl. The first-order valence-corrected chi connectivity index (χ1v) is 7.67. The van der Waals surface area contributed by atoms with Crippen LogP contribution >= 0.6 is 11.6 Å². The number of hydrogen-bond donors (Lipinski definition) is 2. The molecule has 1 unspecified atom stereocenters. The van der Waals surface area contributed by atoms with Gasteiger partial charge < -0.3 is 20.7 Å². The molecule has 0 aliphatic carbocycles. The van der Waals surface area contributed by atoms with Crippen molar-refractivity contribution in [3.05, 3.63) is 28.8 Å². The van der Waals surface area contributed by atoms with Crippen molar-refractivity contribution < 1.29 is 5.21 Å². The standard InChI is InChI=1S/C15H23ClN4O/c1-3-12-10-19(2)7-4-8-20(12)14-6-5-11(9-13(14)16)15(17)18-21/h5-6,9,12,21H,3-4,7-8,10H2,1-2H3,(H2,17,18). The average molecular weight is 311 g/mol. The van der Waals surface area contributed by atoms with Gasteiger partial charge in [0.2, 0.25) is 0 Å². The molecule has 3 N–H and O–H groups in total. The lowest BCUT2D eigenvalue weighted by atomic mass is 10.1. The van der Waals surface area contributed by atoms with Gasteiger partial charge in [-0.3, -0.25) is 0 Å². The van der Waals surface area contributed by atoms with Gasteiger partial charge in [0.05, 0.1) is 10.7 Å². The van der Waals surface area contributed by atoms with Crippen LogP contribution in [0.2, 0.25) is 5.02 Å². The largest absolute Gasteiger partial charge is 0.409 e. The van der Waals surface area contributed by atoms with E-state index in [1.807, 2.05) is 12.1 Å². The smallest absolute Gasteiger partial charge is 0.170 e. The fourth-order valence-electron chi connectivity index (χ4n) is 2.87. The van der Waals surface area contributed by atoms with Crippen molar-refractivity contribution in [1.29, 1.82) is 0 Å². The summed E-state index contributed by atoms with van der Waals surface area (Å²) in [5.74, 6) is 0.0751. The third-order valence-electron chi connectivity index (χ3n) is 4.03. The summed E-state index contributed by atoms with van der Waals surface area (Å²) >= 11 is 6.43. The molecule has 1 aromatic rings. The Kier molecular flexibility index (Phi) is 5.31. The summed E-state index contributed by atoms with van der Waals surface area (Å²) in [4.78, 5) is 4.74. The quantitative estimate of drug-likeness (QED) is 0.389. The predicted octanol–water partition coefficient (Wildman–Crippen LogP) is 2.35. The summed E-state index contributed by atoms with van der Waals surface area (Å²) in [6.45, 7) is 5.34. The molecule has 116 valence electrons. The van der Waals surface area contributed by atoms with E-state index in [0.29, 0.717) is 16.6 Å². The number of amidine groups is 1. The molecule has 6 heteroatoms. The highest BCUT2D eigenvalue weighted by atomic mass is 35.5. The van der Waals surface area contributed by atoms with Gasteiger partial charge in [-0.1, -0.05) is 23.7 Å². The number of likely N-dealkylation sites (N-methyl/N-ethyl adjacent to an activating group) is 1. The summed E-state index contributed by atoms with van der Waals surface area (Å²) in [5.41, 5.74) is 7.26. The Morgan fingerprint density at radius 2 is 2.24 bits per heavy atom. The van der Waals surface area contributed by atoms with Gasteiger partial charge >= 0.3 is 0 Å². The molecule has 1 aromatic carbocycles. The number of anilines is 1. The van der Waals surface area contributed by atoms with Gasteiger partial charge in [-0.05, 0) is 44.6 Å². The Morgan fingerprint density at radius 1 is 1.48 bits per heavy atom. The first-order chi connectivity index (χ1) is 10.1. The third-order valence-corrected chi connectivity index (χ3v) is 4.34. The number of halogens is 1. The molecule has 0 radical (unpaired) electrons. The zero-order valence-electron chi connectivity index (χ0n) is 12.6. The Labute approximate surface area is 131 Å². The van der Waals surface area contributed by atoms with Crippen LogP contribution < -0.4 is 10.6 Å². The normalized spacial score (nSPS) is 21.4. The van der Waals surface area contributed by atoms with Gasteiger partial charge in [0, 0.05) is 24.7 Å². The van der Waals surface area contributed by atoms with Gasteiger partial charge in [0.25, 0.3) is 0 Å². The fraction of sp³-hybridized carbons (Fsp3) is 0.533. The van der Waals surface area contributed by atoms with Gasteiger partial charge in [-0.2, -0.15) is 0 Å².